The lowest BCUT2D eigenvalue weighted by atomic mass is 9.89. The van der Waals surface area contributed by atoms with Gasteiger partial charge >= 0.3 is 0 Å². The first-order valence-electron chi connectivity index (χ1n) is 6.38. The van der Waals surface area contributed by atoms with Gasteiger partial charge in [-0.25, -0.2) is 0 Å². The molecule has 1 aliphatic rings. The third-order valence-electron chi connectivity index (χ3n) is 3.47. The highest BCUT2D eigenvalue weighted by atomic mass is 16.5. The first-order valence-corrected chi connectivity index (χ1v) is 6.38. The van der Waals surface area contributed by atoms with Crippen LogP contribution in [0.3, 0.4) is 0 Å². The Balaban J connectivity index is 2.01. The van der Waals surface area contributed by atoms with Crippen LogP contribution in [-0.4, -0.2) is 25.6 Å². The standard InChI is InChI=1S/C14H20N2O2/c1-16-12(14(15)17)9-18-13-8-4-6-10-5-2-3-7-11(10)13/h2-3,5,7,12-13,16H,4,6,8-9H2,1H3,(H2,15,17). The van der Waals surface area contributed by atoms with E-state index in [-0.39, 0.29) is 12.0 Å². The van der Waals surface area contributed by atoms with Gasteiger partial charge in [0.15, 0.2) is 0 Å². The second-order valence-corrected chi connectivity index (χ2v) is 4.66. The van der Waals surface area contributed by atoms with Crippen molar-refractivity contribution in [3.8, 4) is 0 Å². The number of carbonyl (C=O) groups excluding carboxylic acids is 1. The zero-order chi connectivity index (χ0) is 13.0. The van der Waals surface area contributed by atoms with E-state index in [0.29, 0.717) is 6.61 Å². The molecule has 2 rings (SSSR count). The Labute approximate surface area is 108 Å². The summed E-state index contributed by atoms with van der Waals surface area (Å²) in [6.07, 6.45) is 3.33. The van der Waals surface area contributed by atoms with Crippen molar-refractivity contribution >= 4 is 5.91 Å². The molecule has 4 heteroatoms. The van der Waals surface area contributed by atoms with Gasteiger partial charge in [0.2, 0.25) is 5.91 Å². The number of nitrogens with two attached hydrogens (primary N) is 1. The van der Waals surface area contributed by atoms with Crippen molar-refractivity contribution in [2.75, 3.05) is 13.7 Å². The number of rotatable bonds is 5. The van der Waals surface area contributed by atoms with Crippen LogP contribution < -0.4 is 11.1 Å². The summed E-state index contributed by atoms with van der Waals surface area (Å²) in [5.41, 5.74) is 7.88. The van der Waals surface area contributed by atoms with Gasteiger partial charge in [-0.2, -0.15) is 0 Å². The van der Waals surface area contributed by atoms with Crippen molar-refractivity contribution in [3.05, 3.63) is 35.4 Å². The van der Waals surface area contributed by atoms with E-state index in [1.54, 1.807) is 7.05 Å². The van der Waals surface area contributed by atoms with Gasteiger partial charge in [-0.3, -0.25) is 4.79 Å². The summed E-state index contributed by atoms with van der Waals surface area (Å²) >= 11 is 0. The molecular weight excluding hydrogens is 228 g/mol. The minimum absolute atomic E-state index is 0.0881. The molecule has 1 aromatic rings. The molecule has 2 unspecified atom stereocenters. The quantitative estimate of drug-likeness (QED) is 0.821. The Morgan fingerprint density at radius 2 is 2.33 bits per heavy atom. The Kier molecular flexibility index (Phi) is 4.33. The number of primary amides is 1. The number of nitrogens with one attached hydrogen (secondary N) is 1. The molecule has 0 saturated carbocycles. The molecule has 1 aromatic carbocycles. The van der Waals surface area contributed by atoms with E-state index in [0.717, 1.165) is 19.3 Å². The largest absolute Gasteiger partial charge is 0.371 e. The van der Waals surface area contributed by atoms with Crippen LogP contribution in [0.1, 0.15) is 30.1 Å². The molecule has 98 valence electrons. The fourth-order valence-electron chi connectivity index (χ4n) is 2.40. The van der Waals surface area contributed by atoms with Crippen LogP contribution in [0.15, 0.2) is 24.3 Å². The third-order valence-corrected chi connectivity index (χ3v) is 3.47. The summed E-state index contributed by atoms with van der Waals surface area (Å²) < 4.78 is 5.86. The van der Waals surface area contributed by atoms with Crippen molar-refractivity contribution in [1.82, 2.24) is 5.32 Å². The fourth-order valence-corrected chi connectivity index (χ4v) is 2.40. The van der Waals surface area contributed by atoms with Gasteiger partial charge in [-0.05, 0) is 37.4 Å². The molecule has 0 radical (unpaired) electrons. The summed E-state index contributed by atoms with van der Waals surface area (Å²) in [4.78, 5) is 11.1. The molecular formula is C14H20N2O2. The van der Waals surface area contributed by atoms with Crippen molar-refractivity contribution < 1.29 is 9.53 Å². The second kappa shape index (κ2) is 5.98. The zero-order valence-electron chi connectivity index (χ0n) is 10.7. The van der Waals surface area contributed by atoms with E-state index in [1.165, 1.54) is 11.1 Å². The summed E-state index contributed by atoms with van der Waals surface area (Å²) in [5, 5.41) is 2.87. The molecule has 1 aliphatic carbocycles. The molecule has 0 fully saturated rings. The number of hydrogen-bond acceptors (Lipinski definition) is 3. The molecule has 3 N–H and O–H groups in total. The van der Waals surface area contributed by atoms with Crippen LogP contribution in [0.25, 0.3) is 0 Å². The van der Waals surface area contributed by atoms with Crippen LogP contribution in [0, 0.1) is 0 Å². The maximum absolute atomic E-state index is 11.1. The summed E-state index contributed by atoms with van der Waals surface area (Å²) in [6.45, 7) is 0.324. The molecule has 0 spiro atoms. The van der Waals surface area contributed by atoms with Gasteiger partial charge in [0.1, 0.15) is 6.04 Å². The Morgan fingerprint density at radius 3 is 3.06 bits per heavy atom. The third kappa shape index (κ3) is 2.89. The maximum atomic E-state index is 11.1. The summed E-state index contributed by atoms with van der Waals surface area (Å²) in [5.74, 6) is -0.374. The number of fused-ring (bicyclic) bond motifs is 1. The molecule has 1 amide bonds. The van der Waals surface area contributed by atoms with Gasteiger partial charge < -0.3 is 15.8 Å². The number of amides is 1. The average molecular weight is 248 g/mol. The topological polar surface area (TPSA) is 64.3 Å². The van der Waals surface area contributed by atoms with E-state index in [2.05, 4.69) is 23.5 Å². The van der Waals surface area contributed by atoms with Crippen LogP contribution in [0.4, 0.5) is 0 Å². The minimum atomic E-state index is -0.418. The van der Waals surface area contributed by atoms with E-state index in [9.17, 15) is 4.79 Å². The Morgan fingerprint density at radius 1 is 1.56 bits per heavy atom. The van der Waals surface area contributed by atoms with Gasteiger partial charge in [0.25, 0.3) is 0 Å². The first kappa shape index (κ1) is 13.1. The zero-order valence-corrected chi connectivity index (χ0v) is 10.7. The lowest BCUT2D eigenvalue weighted by molar-refractivity contribution is -0.122. The van der Waals surface area contributed by atoms with Gasteiger partial charge in [0, 0.05) is 0 Å². The van der Waals surface area contributed by atoms with Crippen molar-refractivity contribution in [2.24, 2.45) is 5.73 Å². The Hall–Kier alpha value is -1.39. The van der Waals surface area contributed by atoms with Crippen molar-refractivity contribution in [1.29, 1.82) is 0 Å². The molecule has 0 aromatic heterocycles. The lowest BCUT2D eigenvalue weighted by Crippen LogP contribution is -2.43. The van der Waals surface area contributed by atoms with Crippen LogP contribution >= 0.6 is 0 Å². The highest BCUT2D eigenvalue weighted by molar-refractivity contribution is 5.79. The summed E-state index contributed by atoms with van der Waals surface area (Å²) in [7, 11) is 1.72. The van der Waals surface area contributed by atoms with Gasteiger partial charge in [0.05, 0.1) is 12.7 Å². The monoisotopic (exact) mass is 248 g/mol. The van der Waals surface area contributed by atoms with E-state index >= 15 is 0 Å². The van der Waals surface area contributed by atoms with E-state index in [4.69, 9.17) is 10.5 Å². The number of benzene rings is 1. The van der Waals surface area contributed by atoms with E-state index < -0.39 is 6.04 Å². The van der Waals surface area contributed by atoms with Gasteiger partial charge in [-0.1, -0.05) is 24.3 Å². The number of aryl methyl sites for hydroxylation is 1. The molecule has 0 saturated heterocycles. The lowest BCUT2D eigenvalue weighted by Gasteiger charge is -2.26. The number of ether oxygens (including phenoxy) is 1. The predicted molar refractivity (Wildman–Crippen MR) is 70.1 cm³/mol. The van der Waals surface area contributed by atoms with Crippen LogP contribution in [-0.2, 0) is 16.0 Å². The minimum Gasteiger partial charge on any atom is -0.371 e. The highest BCUT2D eigenvalue weighted by Gasteiger charge is 2.22. The average Bonchev–Trinajstić information content (AvgIpc) is 2.39. The first-order chi connectivity index (χ1) is 8.72. The molecule has 2 atom stereocenters. The molecule has 0 aliphatic heterocycles. The fraction of sp³-hybridized carbons (Fsp3) is 0.500. The molecule has 0 bridgehead atoms. The number of carbonyl (C=O) groups is 1. The molecule has 4 nitrogen and oxygen atoms in total. The Bertz CT molecular complexity index is 420. The normalized spacial score (nSPS) is 20.2. The van der Waals surface area contributed by atoms with E-state index in [1.807, 2.05) is 6.07 Å². The SMILES string of the molecule is CNC(COC1CCCc2ccccc21)C(N)=O. The summed E-state index contributed by atoms with van der Waals surface area (Å²) in [6, 6.07) is 7.93. The van der Waals surface area contributed by atoms with Crippen LogP contribution in [0.2, 0.25) is 0 Å². The number of hydrogen-bond donors (Lipinski definition) is 2. The predicted octanol–water partition coefficient (Wildman–Crippen LogP) is 1.15. The van der Waals surface area contributed by atoms with Crippen molar-refractivity contribution in [3.63, 3.8) is 0 Å². The van der Waals surface area contributed by atoms with Crippen LogP contribution in [0.5, 0.6) is 0 Å². The maximum Gasteiger partial charge on any atom is 0.236 e. The molecule has 18 heavy (non-hydrogen) atoms. The molecule has 0 heterocycles. The number of likely N-dealkylation sites (N-methyl/N-ethyl adjacent to an activating group) is 1. The smallest absolute Gasteiger partial charge is 0.236 e. The van der Waals surface area contributed by atoms with Gasteiger partial charge in [-0.15, -0.1) is 0 Å². The second-order valence-electron chi connectivity index (χ2n) is 4.66. The highest BCUT2D eigenvalue weighted by Crippen LogP contribution is 2.32. The van der Waals surface area contributed by atoms with Crippen molar-refractivity contribution in [2.45, 2.75) is 31.4 Å².